The Bertz CT molecular complexity index is 679. The van der Waals surface area contributed by atoms with Gasteiger partial charge in [-0.1, -0.05) is 11.6 Å². The third kappa shape index (κ3) is 4.05. The molecule has 1 aromatic carbocycles. The number of ether oxygens (including phenoxy) is 1. The number of aromatic nitrogens is 4. The Morgan fingerprint density at radius 2 is 2.22 bits per heavy atom. The lowest BCUT2D eigenvalue weighted by molar-refractivity contribution is -0.123. The highest BCUT2D eigenvalue weighted by atomic mass is 35.5. The molecule has 2 aromatic rings. The van der Waals surface area contributed by atoms with Crippen molar-refractivity contribution < 1.29 is 9.53 Å². The van der Waals surface area contributed by atoms with Gasteiger partial charge in [0.1, 0.15) is 6.54 Å². The number of carbonyl (C=O) groups is 1. The van der Waals surface area contributed by atoms with Crippen LogP contribution in [0, 0.1) is 0 Å². The Balaban J connectivity index is 1.56. The topological polar surface area (TPSA) is 81.9 Å². The molecular weight excluding hydrogens is 318 g/mol. The van der Waals surface area contributed by atoms with Crippen LogP contribution in [-0.2, 0) is 16.1 Å². The van der Waals surface area contributed by atoms with Gasteiger partial charge >= 0.3 is 0 Å². The van der Waals surface area contributed by atoms with Crippen molar-refractivity contribution in [3.8, 4) is 11.4 Å². The number of benzene rings is 1. The third-order valence-corrected chi connectivity index (χ3v) is 4.05. The minimum Gasteiger partial charge on any atom is -0.373 e. The maximum absolute atomic E-state index is 12.0. The number of hydrogen-bond acceptors (Lipinski definition) is 5. The average Bonchev–Trinajstić information content (AvgIpc) is 3.16. The molecule has 122 valence electrons. The highest BCUT2D eigenvalue weighted by Gasteiger charge is 2.30. The Hall–Kier alpha value is -1.99. The summed E-state index contributed by atoms with van der Waals surface area (Å²) in [6.45, 7) is 3.27. The minimum absolute atomic E-state index is 0.0245. The predicted molar refractivity (Wildman–Crippen MR) is 84.9 cm³/mol. The van der Waals surface area contributed by atoms with Crippen LogP contribution in [0.3, 0.4) is 0 Å². The number of rotatable bonds is 5. The van der Waals surface area contributed by atoms with Crippen molar-refractivity contribution in [2.24, 2.45) is 0 Å². The number of amides is 1. The molecule has 1 fully saturated rings. The van der Waals surface area contributed by atoms with Gasteiger partial charge in [-0.15, -0.1) is 10.2 Å². The smallest absolute Gasteiger partial charge is 0.243 e. The highest BCUT2D eigenvalue weighted by Crippen LogP contribution is 2.23. The largest absolute Gasteiger partial charge is 0.373 e. The van der Waals surface area contributed by atoms with E-state index in [9.17, 15) is 4.79 Å². The first-order chi connectivity index (χ1) is 11.0. The van der Waals surface area contributed by atoms with Crippen molar-refractivity contribution in [1.29, 1.82) is 0 Å². The van der Waals surface area contributed by atoms with Gasteiger partial charge < -0.3 is 10.1 Å². The first-order valence-corrected chi connectivity index (χ1v) is 7.86. The van der Waals surface area contributed by atoms with Crippen molar-refractivity contribution >= 4 is 17.5 Å². The quantitative estimate of drug-likeness (QED) is 0.899. The molecule has 0 bridgehead atoms. The van der Waals surface area contributed by atoms with Crippen LogP contribution in [-0.4, -0.2) is 44.9 Å². The number of carbonyl (C=O) groups excluding carboxylic acids is 1. The first kappa shape index (κ1) is 15.9. The van der Waals surface area contributed by atoms with Crippen LogP contribution in [0.1, 0.15) is 19.8 Å². The zero-order valence-corrected chi connectivity index (χ0v) is 13.6. The van der Waals surface area contributed by atoms with Crippen LogP contribution in [0.15, 0.2) is 24.3 Å². The normalized spacial score (nSPS) is 20.6. The molecule has 8 heteroatoms. The fourth-order valence-electron chi connectivity index (χ4n) is 2.47. The molecule has 1 aromatic heterocycles. The van der Waals surface area contributed by atoms with E-state index in [0.29, 0.717) is 17.4 Å². The zero-order valence-electron chi connectivity index (χ0n) is 12.8. The molecule has 1 saturated heterocycles. The summed E-state index contributed by atoms with van der Waals surface area (Å²) in [7, 11) is 0. The van der Waals surface area contributed by atoms with E-state index in [0.717, 1.165) is 25.0 Å². The first-order valence-electron chi connectivity index (χ1n) is 7.48. The molecule has 3 rings (SSSR count). The molecule has 0 radical (unpaired) electrons. The number of tetrazole rings is 1. The van der Waals surface area contributed by atoms with Gasteiger partial charge in [-0.25, -0.2) is 0 Å². The summed E-state index contributed by atoms with van der Waals surface area (Å²) in [5.41, 5.74) is 0.535. The van der Waals surface area contributed by atoms with Crippen molar-refractivity contribution in [3.05, 3.63) is 29.3 Å². The van der Waals surface area contributed by atoms with Crippen LogP contribution >= 0.6 is 11.6 Å². The molecule has 1 aliphatic heterocycles. The molecule has 1 aliphatic rings. The maximum Gasteiger partial charge on any atom is 0.243 e. The second-order valence-electron chi connectivity index (χ2n) is 5.83. The Kier molecular flexibility index (Phi) is 4.58. The van der Waals surface area contributed by atoms with Gasteiger partial charge in [0.05, 0.1) is 5.60 Å². The van der Waals surface area contributed by atoms with Crippen molar-refractivity contribution in [2.75, 3.05) is 13.2 Å². The van der Waals surface area contributed by atoms with Gasteiger partial charge in [0.15, 0.2) is 0 Å². The lowest BCUT2D eigenvalue weighted by Gasteiger charge is -2.23. The van der Waals surface area contributed by atoms with Crippen LogP contribution in [0.4, 0.5) is 0 Å². The molecule has 2 heterocycles. The number of nitrogens with zero attached hydrogens (tertiary/aromatic N) is 4. The van der Waals surface area contributed by atoms with Gasteiger partial charge in [0.25, 0.3) is 0 Å². The van der Waals surface area contributed by atoms with E-state index in [2.05, 4.69) is 20.7 Å². The number of halogens is 1. The van der Waals surface area contributed by atoms with Gasteiger partial charge in [-0.3, -0.25) is 4.79 Å². The monoisotopic (exact) mass is 335 g/mol. The standard InChI is InChI=1S/C15H18ClN5O2/c1-15(7-2-8-23-15)10-17-13(22)9-21-19-14(18-20-21)11-3-5-12(16)6-4-11/h3-6H,2,7-10H2,1H3,(H,17,22). The summed E-state index contributed by atoms with van der Waals surface area (Å²) < 4.78 is 5.64. The highest BCUT2D eigenvalue weighted by molar-refractivity contribution is 6.30. The van der Waals surface area contributed by atoms with Gasteiger partial charge in [0, 0.05) is 23.7 Å². The summed E-state index contributed by atoms with van der Waals surface area (Å²) in [4.78, 5) is 13.3. The van der Waals surface area contributed by atoms with Crippen LogP contribution in [0.5, 0.6) is 0 Å². The molecule has 0 saturated carbocycles. The van der Waals surface area contributed by atoms with Crippen LogP contribution in [0.25, 0.3) is 11.4 Å². The second-order valence-corrected chi connectivity index (χ2v) is 6.27. The van der Waals surface area contributed by atoms with Crippen molar-refractivity contribution in [1.82, 2.24) is 25.5 Å². The third-order valence-electron chi connectivity index (χ3n) is 3.80. The SMILES string of the molecule is CC1(CNC(=O)Cn2nnc(-c3ccc(Cl)cc3)n2)CCCO1. The van der Waals surface area contributed by atoms with Gasteiger partial charge in [0.2, 0.25) is 11.7 Å². The fourth-order valence-corrected chi connectivity index (χ4v) is 2.60. The summed E-state index contributed by atoms with van der Waals surface area (Å²) in [6, 6.07) is 7.13. The van der Waals surface area contributed by atoms with Gasteiger partial charge in [-0.2, -0.15) is 4.80 Å². The Labute approximate surface area is 139 Å². The molecule has 1 N–H and O–H groups in total. The van der Waals surface area contributed by atoms with E-state index in [1.807, 2.05) is 19.1 Å². The summed E-state index contributed by atoms with van der Waals surface area (Å²) in [6.07, 6.45) is 1.98. The second kappa shape index (κ2) is 6.64. The van der Waals surface area contributed by atoms with Gasteiger partial charge in [-0.05, 0) is 49.2 Å². The molecule has 1 unspecified atom stereocenters. The summed E-state index contributed by atoms with van der Waals surface area (Å²) in [5.74, 6) is 0.294. The average molecular weight is 336 g/mol. The van der Waals surface area contributed by atoms with E-state index in [4.69, 9.17) is 16.3 Å². The van der Waals surface area contributed by atoms with E-state index in [-0.39, 0.29) is 18.1 Å². The maximum atomic E-state index is 12.0. The molecule has 23 heavy (non-hydrogen) atoms. The molecular formula is C15H18ClN5O2. The molecule has 0 aliphatic carbocycles. The van der Waals surface area contributed by atoms with E-state index >= 15 is 0 Å². The fraction of sp³-hybridized carbons (Fsp3) is 0.467. The lowest BCUT2D eigenvalue weighted by atomic mass is 10.0. The molecule has 1 amide bonds. The minimum atomic E-state index is -0.264. The Morgan fingerprint density at radius 1 is 1.43 bits per heavy atom. The van der Waals surface area contributed by atoms with E-state index in [1.54, 1.807) is 12.1 Å². The van der Waals surface area contributed by atoms with E-state index in [1.165, 1.54) is 4.80 Å². The number of hydrogen-bond donors (Lipinski definition) is 1. The molecule has 1 atom stereocenters. The molecule has 7 nitrogen and oxygen atoms in total. The van der Waals surface area contributed by atoms with E-state index < -0.39 is 0 Å². The lowest BCUT2D eigenvalue weighted by Crippen LogP contribution is -2.41. The summed E-state index contributed by atoms with van der Waals surface area (Å²) >= 11 is 5.85. The van der Waals surface area contributed by atoms with Crippen molar-refractivity contribution in [2.45, 2.75) is 31.9 Å². The molecule has 0 spiro atoms. The zero-order chi connectivity index (χ0) is 16.3. The van der Waals surface area contributed by atoms with Crippen LogP contribution in [0.2, 0.25) is 5.02 Å². The predicted octanol–water partition coefficient (Wildman–Crippen LogP) is 1.68. The number of nitrogens with one attached hydrogen (secondary N) is 1. The summed E-state index contributed by atoms with van der Waals surface area (Å²) in [5, 5.41) is 15.6. The Morgan fingerprint density at radius 3 is 2.91 bits per heavy atom. The van der Waals surface area contributed by atoms with Crippen LogP contribution < -0.4 is 5.32 Å². The van der Waals surface area contributed by atoms with Crippen molar-refractivity contribution in [3.63, 3.8) is 0 Å².